The number of rotatable bonds is 12. The number of nitrogens with zero attached hydrogens (tertiary/aromatic N) is 3. The van der Waals surface area contributed by atoms with E-state index < -0.39 is 0 Å². The van der Waals surface area contributed by atoms with E-state index in [1.54, 1.807) is 0 Å². The summed E-state index contributed by atoms with van der Waals surface area (Å²) in [4.78, 5) is 33.1. The molecule has 1 aliphatic carbocycles. The van der Waals surface area contributed by atoms with Crippen LogP contribution in [-0.2, 0) is 22.6 Å². The summed E-state index contributed by atoms with van der Waals surface area (Å²) in [5.41, 5.74) is 14.4. The second kappa shape index (κ2) is 14.6. The molecule has 0 spiro atoms. The average Bonchev–Trinajstić information content (AvgIpc) is 3.93. The first-order valence-electron chi connectivity index (χ1n) is 16.6. The molecular weight excluding hydrogens is 570 g/mol. The summed E-state index contributed by atoms with van der Waals surface area (Å²) in [6.45, 7) is 7.53. The van der Waals surface area contributed by atoms with Gasteiger partial charge in [0.15, 0.2) is 0 Å². The minimum absolute atomic E-state index is 0.0361. The van der Waals surface area contributed by atoms with Crippen molar-refractivity contribution in [2.75, 3.05) is 54.4 Å². The number of aryl methyl sites for hydroxylation is 1. The molecular formula is C39H45N5O2. The number of carbonyl (C=O) groups excluding carboxylic acids is 2. The SMILES string of the molecule is Cc1ccccc1N1CCN(c2ccc(-c3cccc(CN(CCCN)C(=O)C4CC4)c3)cc2NC(=O)Cc2ccccc2)CC1. The van der Waals surface area contributed by atoms with Crippen molar-refractivity contribution in [2.45, 2.75) is 39.2 Å². The van der Waals surface area contributed by atoms with Crippen LogP contribution in [0.2, 0.25) is 0 Å². The maximum atomic E-state index is 13.3. The molecule has 1 heterocycles. The second-order valence-electron chi connectivity index (χ2n) is 12.6. The topological polar surface area (TPSA) is 81.9 Å². The maximum absolute atomic E-state index is 13.3. The van der Waals surface area contributed by atoms with E-state index in [4.69, 9.17) is 5.73 Å². The van der Waals surface area contributed by atoms with Crippen molar-refractivity contribution in [2.24, 2.45) is 11.7 Å². The molecule has 0 bridgehead atoms. The predicted molar refractivity (Wildman–Crippen MR) is 188 cm³/mol. The predicted octanol–water partition coefficient (Wildman–Crippen LogP) is 6.26. The van der Waals surface area contributed by atoms with Gasteiger partial charge in [0.2, 0.25) is 11.8 Å². The normalized spacial score (nSPS) is 14.7. The fourth-order valence-electron chi connectivity index (χ4n) is 6.38. The summed E-state index contributed by atoms with van der Waals surface area (Å²) in [5, 5.41) is 3.26. The first-order valence-corrected chi connectivity index (χ1v) is 16.6. The molecule has 0 aromatic heterocycles. The Morgan fingerprint density at radius 1 is 0.783 bits per heavy atom. The van der Waals surface area contributed by atoms with Crippen LogP contribution in [0, 0.1) is 12.8 Å². The van der Waals surface area contributed by atoms with Gasteiger partial charge in [0.1, 0.15) is 0 Å². The molecule has 7 heteroatoms. The first-order chi connectivity index (χ1) is 22.5. The minimum atomic E-state index is -0.0361. The lowest BCUT2D eigenvalue weighted by atomic mass is 10.0. The number of amides is 2. The van der Waals surface area contributed by atoms with Crippen LogP contribution in [0.3, 0.4) is 0 Å². The van der Waals surface area contributed by atoms with Crippen LogP contribution in [0.5, 0.6) is 0 Å². The Bertz CT molecular complexity index is 1640. The Labute approximate surface area is 273 Å². The van der Waals surface area contributed by atoms with E-state index in [1.165, 1.54) is 11.3 Å². The third kappa shape index (κ3) is 7.77. The standard InChI is InChI=1S/C39H45N5O2/c1-29-9-5-6-14-36(29)42-21-23-43(24-22-42)37-18-17-34(27-35(37)41-38(45)26-30-10-3-2-4-11-30)33-13-7-12-31(25-33)28-44(20-8-19-40)39(46)32-15-16-32/h2-7,9-14,17-18,25,27,32H,8,15-16,19-24,26,28,40H2,1H3,(H,41,45). The Morgan fingerprint density at radius 2 is 1.46 bits per heavy atom. The molecule has 0 radical (unpaired) electrons. The fourth-order valence-corrected chi connectivity index (χ4v) is 6.38. The molecule has 1 saturated carbocycles. The van der Waals surface area contributed by atoms with E-state index in [0.29, 0.717) is 26.1 Å². The number of benzene rings is 4. The van der Waals surface area contributed by atoms with Crippen molar-refractivity contribution in [1.29, 1.82) is 0 Å². The molecule has 7 nitrogen and oxygen atoms in total. The van der Waals surface area contributed by atoms with Crippen LogP contribution in [-0.4, -0.2) is 56.0 Å². The van der Waals surface area contributed by atoms with Crippen molar-refractivity contribution >= 4 is 28.9 Å². The van der Waals surface area contributed by atoms with Gasteiger partial charge >= 0.3 is 0 Å². The number of para-hydroxylation sites is 1. The van der Waals surface area contributed by atoms with Gasteiger partial charge in [0.05, 0.1) is 17.8 Å². The zero-order valence-corrected chi connectivity index (χ0v) is 26.8. The molecule has 2 aliphatic rings. The van der Waals surface area contributed by atoms with Gasteiger partial charge in [-0.3, -0.25) is 9.59 Å². The minimum Gasteiger partial charge on any atom is -0.368 e. The fraction of sp³-hybridized carbons (Fsp3) is 0.333. The van der Waals surface area contributed by atoms with E-state index in [1.807, 2.05) is 35.2 Å². The average molecular weight is 616 g/mol. The van der Waals surface area contributed by atoms with Gasteiger partial charge in [-0.15, -0.1) is 0 Å². The molecule has 46 heavy (non-hydrogen) atoms. The summed E-state index contributed by atoms with van der Waals surface area (Å²) in [7, 11) is 0. The van der Waals surface area contributed by atoms with E-state index in [2.05, 4.69) is 88.8 Å². The van der Waals surface area contributed by atoms with Crippen LogP contribution in [0.15, 0.2) is 97.1 Å². The van der Waals surface area contributed by atoms with Gasteiger partial charge < -0.3 is 25.8 Å². The summed E-state index contributed by atoms with van der Waals surface area (Å²) >= 11 is 0. The van der Waals surface area contributed by atoms with E-state index in [0.717, 1.165) is 79.1 Å². The number of piperazine rings is 1. The van der Waals surface area contributed by atoms with E-state index >= 15 is 0 Å². The van der Waals surface area contributed by atoms with Gasteiger partial charge in [0, 0.05) is 50.9 Å². The zero-order chi connectivity index (χ0) is 31.9. The van der Waals surface area contributed by atoms with Gasteiger partial charge in [-0.25, -0.2) is 0 Å². The molecule has 2 amide bonds. The lowest BCUT2D eigenvalue weighted by Crippen LogP contribution is -2.47. The summed E-state index contributed by atoms with van der Waals surface area (Å²) in [6, 6.07) is 33.2. The third-order valence-electron chi connectivity index (χ3n) is 9.06. The van der Waals surface area contributed by atoms with Crippen molar-refractivity contribution in [3.63, 3.8) is 0 Å². The van der Waals surface area contributed by atoms with Gasteiger partial charge in [-0.05, 0) is 84.8 Å². The number of nitrogens with one attached hydrogen (secondary N) is 1. The molecule has 1 aliphatic heterocycles. The Hall–Kier alpha value is -4.62. The zero-order valence-electron chi connectivity index (χ0n) is 26.8. The maximum Gasteiger partial charge on any atom is 0.228 e. The van der Waals surface area contributed by atoms with Crippen LogP contribution in [0.4, 0.5) is 17.1 Å². The number of anilines is 3. The Balaban J connectivity index is 1.24. The second-order valence-corrected chi connectivity index (χ2v) is 12.6. The summed E-state index contributed by atoms with van der Waals surface area (Å²) < 4.78 is 0. The van der Waals surface area contributed by atoms with Crippen molar-refractivity contribution in [3.8, 4) is 11.1 Å². The smallest absolute Gasteiger partial charge is 0.228 e. The Morgan fingerprint density at radius 3 is 2.17 bits per heavy atom. The Kier molecular flexibility index (Phi) is 9.99. The summed E-state index contributed by atoms with van der Waals surface area (Å²) in [5.74, 6) is 0.384. The molecule has 0 unspecified atom stereocenters. The van der Waals surface area contributed by atoms with E-state index in [-0.39, 0.29) is 17.7 Å². The highest BCUT2D eigenvalue weighted by molar-refractivity contribution is 5.97. The van der Waals surface area contributed by atoms with Crippen LogP contribution < -0.4 is 20.9 Å². The van der Waals surface area contributed by atoms with Gasteiger partial charge in [-0.1, -0.05) is 72.8 Å². The van der Waals surface area contributed by atoms with E-state index in [9.17, 15) is 9.59 Å². The van der Waals surface area contributed by atoms with Gasteiger partial charge in [0.25, 0.3) is 0 Å². The molecule has 238 valence electrons. The van der Waals surface area contributed by atoms with Crippen LogP contribution in [0.1, 0.15) is 36.0 Å². The molecule has 1 saturated heterocycles. The highest BCUT2D eigenvalue weighted by Crippen LogP contribution is 2.35. The lowest BCUT2D eigenvalue weighted by molar-refractivity contribution is -0.133. The lowest BCUT2D eigenvalue weighted by Gasteiger charge is -2.38. The summed E-state index contributed by atoms with van der Waals surface area (Å²) in [6.07, 6.45) is 3.09. The van der Waals surface area contributed by atoms with Crippen molar-refractivity contribution < 1.29 is 9.59 Å². The monoisotopic (exact) mass is 615 g/mol. The van der Waals surface area contributed by atoms with Gasteiger partial charge in [-0.2, -0.15) is 0 Å². The quantitative estimate of drug-likeness (QED) is 0.197. The molecule has 6 rings (SSSR count). The molecule has 2 fully saturated rings. The highest BCUT2D eigenvalue weighted by atomic mass is 16.2. The van der Waals surface area contributed by atoms with Crippen molar-refractivity contribution in [3.05, 3.63) is 114 Å². The first kappa shape index (κ1) is 31.4. The van der Waals surface area contributed by atoms with Crippen LogP contribution >= 0.6 is 0 Å². The largest absolute Gasteiger partial charge is 0.368 e. The van der Waals surface area contributed by atoms with Crippen LogP contribution in [0.25, 0.3) is 11.1 Å². The number of nitrogens with two attached hydrogens (primary N) is 1. The molecule has 0 atom stereocenters. The number of carbonyl (C=O) groups is 2. The molecule has 4 aromatic carbocycles. The van der Waals surface area contributed by atoms with Crippen molar-refractivity contribution in [1.82, 2.24) is 4.90 Å². The highest BCUT2D eigenvalue weighted by Gasteiger charge is 2.33. The number of hydrogen-bond donors (Lipinski definition) is 2. The number of hydrogen-bond acceptors (Lipinski definition) is 5. The molecule has 3 N–H and O–H groups in total. The third-order valence-corrected chi connectivity index (χ3v) is 9.06. The molecule has 4 aromatic rings.